The molecular weight excluding hydrogens is 264 g/mol. The molecule has 17 heavy (non-hydrogen) atoms. The second-order valence-corrected chi connectivity index (χ2v) is 9.01. The second kappa shape index (κ2) is 5.64. The number of nitrogens with two attached hydrogens (primary N) is 1. The molecule has 0 radical (unpaired) electrons. The predicted molar refractivity (Wildman–Crippen MR) is 66.5 cm³/mol. The van der Waals surface area contributed by atoms with Gasteiger partial charge in [0.05, 0.1) is 0 Å². The molecule has 1 aliphatic rings. The summed E-state index contributed by atoms with van der Waals surface area (Å²) in [6.45, 7) is 0.845. The number of hydrogen-bond donors (Lipinski definition) is 2. The number of rotatable bonds is 6. The van der Waals surface area contributed by atoms with Crippen molar-refractivity contribution in [1.82, 2.24) is 4.72 Å². The first kappa shape index (κ1) is 14.9. The molecule has 1 rings (SSSR count). The summed E-state index contributed by atoms with van der Waals surface area (Å²) in [6.07, 6.45) is 3.93. The fourth-order valence-electron chi connectivity index (χ4n) is 2.25. The monoisotopic (exact) mass is 284 g/mol. The summed E-state index contributed by atoms with van der Waals surface area (Å²) >= 11 is 0. The average Bonchev–Trinajstić information content (AvgIpc) is 2.58. The first-order chi connectivity index (χ1) is 7.73. The van der Waals surface area contributed by atoms with E-state index in [0.717, 1.165) is 25.5 Å². The number of nitrogens with one attached hydrogen (secondary N) is 1. The van der Waals surface area contributed by atoms with E-state index in [1.807, 2.05) is 0 Å². The van der Waals surface area contributed by atoms with Gasteiger partial charge in [0.1, 0.15) is 0 Å². The van der Waals surface area contributed by atoms with E-state index in [9.17, 15) is 16.8 Å². The molecule has 0 aromatic rings. The summed E-state index contributed by atoms with van der Waals surface area (Å²) in [7, 11) is -7.26. The zero-order valence-corrected chi connectivity index (χ0v) is 11.6. The van der Waals surface area contributed by atoms with Crippen molar-refractivity contribution in [3.8, 4) is 0 Å². The van der Waals surface area contributed by atoms with E-state index in [-0.39, 0.29) is 5.92 Å². The van der Waals surface area contributed by atoms with Crippen molar-refractivity contribution < 1.29 is 16.8 Å². The van der Waals surface area contributed by atoms with Gasteiger partial charge in [-0.1, -0.05) is 6.42 Å². The Balaban J connectivity index is 2.50. The molecule has 102 valence electrons. The van der Waals surface area contributed by atoms with Crippen LogP contribution in [0, 0.1) is 11.8 Å². The molecule has 0 saturated heterocycles. The van der Waals surface area contributed by atoms with Crippen LogP contribution >= 0.6 is 0 Å². The molecular formula is C9H20N2O4S2. The molecule has 2 atom stereocenters. The molecule has 2 unspecified atom stereocenters. The van der Waals surface area contributed by atoms with E-state index in [0.29, 0.717) is 19.0 Å². The van der Waals surface area contributed by atoms with Gasteiger partial charge in [-0.3, -0.25) is 0 Å². The second-order valence-electron chi connectivity index (χ2n) is 4.69. The summed E-state index contributed by atoms with van der Waals surface area (Å²) in [5.41, 5.74) is 5.59. The number of sulfone groups is 1. The quantitative estimate of drug-likeness (QED) is 0.669. The molecule has 0 aliphatic heterocycles. The summed E-state index contributed by atoms with van der Waals surface area (Å²) in [5, 5.41) is -0.847. The van der Waals surface area contributed by atoms with Crippen LogP contribution in [-0.4, -0.2) is 41.3 Å². The molecule has 0 amide bonds. The van der Waals surface area contributed by atoms with Gasteiger partial charge in [0.15, 0.2) is 14.9 Å². The van der Waals surface area contributed by atoms with Crippen molar-refractivity contribution in [2.75, 3.05) is 24.4 Å². The average molecular weight is 284 g/mol. The Hall–Kier alpha value is -0.180. The van der Waals surface area contributed by atoms with Crippen LogP contribution in [-0.2, 0) is 19.9 Å². The summed E-state index contributed by atoms with van der Waals surface area (Å²) in [5.74, 6) is 0.574. The fourth-order valence-corrected chi connectivity index (χ4v) is 5.31. The van der Waals surface area contributed by atoms with Crippen LogP contribution in [0.1, 0.15) is 19.3 Å². The van der Waals surface area contributed by atoms with Gasteiger partial charge in [-0.05, 0) is 31.2 Å². The molecule has 0 spiro atoms. The van der Waals surface area contributed by atoms with E-state index in [1.165, 1.54) is 0 Å². The van der Waals surface area contributed by atoms with E-state index in [1.54, 1.807) is 0 Å². The van der Waals surface area contributed by atoms with Crippen LogP contribution in [0.2, 0.25) is 0 Å². The lowest BCUT2D eigenvalue weighted by molar-refractivity contribution is 0.393. The van der Waals surface area contributed by atoms with Gasteiger partial charge in [-0.15, -0.1) is 0 Å². The lowest BCUT2D eigenvalue weighted by Gasteiger charge is -2.18. The Morgan fingerprint density at radius 3 is 2.29 bits per heavy atom. The third-order valence-corrected chi connectivity index (χ3v) is 6.61. The van der Waals surface area contributed by atoms with Crippen molar-refractivity contribution in [3.63, 3.8) is 0 Å². The van der Waals surface area contributed by atoms with Crippen molar-refractivity contribution >= 4 is 19.9 Å². The van der Waals surface area contributed by atoms with Gasteiger partial charge in [0.25, 0.3) is 0 Å². The van der Waals surface area contributed by atoms with E-state index >= 15 is 0 Å². The molecule has 8 heteroatoms. The highest BCUT2D eigenvalue weighted by Crippen LogP contribution is 2.30. The third-order valence-electron chi connectivity index (χ3n) is 3.05. The molecule has 1 aliphatic carbocycles. The molecule has 0 aromatic carbocycles. The van der Waals surface area contributed by atoms with Gasteiger partial charge in [-0.25, -0.2) is 21.6 Å². The Kier molecular flexibility index (Phi) is 4.94. The SMILES string of the molecule is CS(=O)(=O)CS(=O)(=O)NCC1CCCC1CN. The molecule has 0 bridgehead atoms. The topological polar surface area (TPSA) is 106 Å². The molecule has 0 heterocycles. The number of hydrogen-bond acceptors (Lipinski definition) is 5. The Morgan fingerprint density at radius 1 is 1.18 bits per heavy atom. The first-order valence-electron chi connectivity index (χ1n) is 5.58. The Morgan fingerprint density at radius 2 is 1.76 bits per heavy atom. The summed E-state index contributed by atoms with van der Waals surface area (Å²) in [6, 6.07) is 0. The highest BCUT2D eigenvalue weighted by molar-refractivity contribution is 8.06. The smallest absolute Gasteiger partial charge is 0.226 e. The minimum atomic E-state index is -3.74. The summed E-state index contributed by atoms with van der Waals surface area (Å²) in [4.78, 5) is 0. The van der Waals surface area contributed by atoms with E-state index in [2.05, 4.69) is 4.72 Å². The molecule has 0 aromatic heterocycles. The zero-order valence-electron chi connectivity index (χ0n) is 9.92. The van der Waals surface area contributed by atoms with Gasteiger partial charge in [0, 0.05) is 12.8 Å². The van der Waals surface area contributed by atoms with Gasteiger partial charge < -0.3 is 5.73 Å². The minimum absolute atomic E-state index is 0.231. The highest BCUT2D eigenvalue weighted by Gasteiger charge is 2.27. The van der Waals surface area contributed by atoms with Crippen molar-refractivity contribution in [2.24, 2.45) is 17.6 Å². The molecule has 6 nitrogen and oxygen atoms in total. The zero-order chi connectivity index (χ0) is 13.1. The van der Waals surface area contributed by atoms with Crippen molar-refractivity contribution in [1.29, 1.82) is 0 Å². The van der Waals surface area contributed by atoms with Crippen LogP contribution in [0.5, 0.6) is 0 Å². The van der Waals surface area contributed by atoms with Crippen LogP contribution < -0.4 is 10.5 Å². The van der Waals surface area contributed by atoms with Gasteiger partial charge in [-0.2, -0.15) is 0 Å². The third kappa shape index (κ3) is 5.33. The van der Waals surface area contributed by atoms with Gasteiger partial charge >= 0.3 is 0 Å². The van der Waals surface area contributed by atoms with Crippen LogP contribution in [0.25, 0.3) is 0 Å². The Labute approximate surface area is 103 Å². The first-order valence-corrected chi connectivity index (χ1v) is 9.30. The maximum absolute atomic E-state index is 11.5. The maximum atomic E-state index is 11.5. The molecule has 3 N–H and O–H groups in total. The maximum Gasteiger partial charge on any atom is 0.226 e. The minimum Gasteiger partial charge on any atom is -0.330 e. The fraction of sp³-hybridized carbons (Fsp3) is 1.00. The van der Waals surface area contributed by atoms with E-state index < -0.39 is 24.9 Å². The lowest BCUT2D eigenvalue weighted by atomic mass is 9.97. The van der Waals surface area contributed by atoms with E-state index in [4.69, 9.17) is 5.73 Å². The molecule has 1 fully saturated rings. The van der Waals surface area contributed by atoms with Crippen molar-refractivity contribution in [2.45, 2.75) is 19.3 Å². The van der Waals surface area contributed by atoms with Crippen LogP contribution in [0.15, 0.2) is 0 Å². The van der Waals surface area contributed by atoms with Crippen molar-refractivity contribution in [3.05, 3.63) is 0 Å². The standard InChI is InChI=1S/C9H20N2O4S2/c1-16(12,13)7-17(14,15)11-6-9-4-2-3-8(9)5-10/h8-9,11H,2-7,10H2,1H3. The largest absolute Gasteiger partial charge is 0.330 e. The van der Waals surface area contributed by atoms with Crippen LogP contribution in [0.3, 0.4) is 0 Å². The predicted octanol–water partition coefficient (Wildman–Crippen LogP) is -0.717. The van der Waals surface area contributed by atoms with Gasteiger partial charge in [0.2, 0.25) is 10.0 Å². The summed E-state index contributed by atoms with van der Waals surface area (Å²) < 4.78 is 47.2. The molecule has 1 saturated carbocycles. The normalized spacial score (nSPS) is 26.2. The number of sulfonamides is 1. The Bertz CT molecular complexity index is 444. The highest BCUT2D eigenvalue weighted by atomic mass is 32.3. The van der Waals surface area contributed by atoms with Crippen LogP contribution in [0.4, 0.5) is 0 Å². The lowest BCUT2D eigenvalue weighted by Crippen LogP contribution is -2.35.